The molecule has 0 aliphatic carbocycles. The molecule has 5 rings (SSSR count). The zero-order valence-corrected chi connectivity index (χ0v) is 18.8. The first kappa shape index (κ1) is 20.2. The first-order chi connectivity index (χ1) is 15.6. The van der Waals surface area contributed by atoms with Gasteiger partial charge in [0.2, 0.25) is 0 Å². The Hall–Kier alpha value is -3.71. The Morgan fingerprint density at radius 2 is 1.66 bits per heavy atom. The quantitative estimate of drug-likeness (QED) is 0.461. The number of rotatable bonds is 5. The summed E-state index contributed by atoms with van der Waals surface area (Å²) in [6, 6.07) is 22.5. The fourth-order valence-electron chi connectivity index (χ4n) is 4.22. The van der Waals surface area contributed by atoms with Crippen molar-refractivity contribution >= 4 is 28.7 Å². The molecule has 0 saturated carbocycles. The van der Waals surface area contributed by atoms with Gasteiger partial charge in [0.1, 0.15) is 6.04 Å². The van der Waals surface area contributed by atoms with E-state index in [2.05, 4.69) is 72.2 Å². The lowest BCUT2D eigenvalue weighted by molar-refractivity contribution is 0.549. The third-order valence-electron chi connectivity index (χ3n) is 5.77. The number of hydrogen-bond acceptors (Lipinski definition) is 4. The van der Waals surface area contributed by atoms with Crippen LogP contribution in [0.3, 0.4) is 0 Å². The molecule has 0 spiro atoms. The van der Waals surface area contributed by atoms with E-state index in [1.807, 2.05) is 63.0 Å². The van der Waals surface area contributed by atoms with E-state index in [-0.39, 0.29) is 12.1 Å². The summed E-state index contributed by atoms with van der Waals surface area (Å²) in [4.78, 5) is 13.1. The highest BCUT2D eigenvalue weighted by Gasteiger charge is 2.42. The van der Waals surface area contributed by atoms with Crippen LogP contribution in [0.4, 0.5) is 11.4 Å². The van der Waals surface area contributed by atoms with Crippen molar-refractivity contribution in [2.75, 3.05) is 23.9 Å². The lowest BCUT2D eigenvalue weighted by Crippen LogP contribution is -2.30. The van der Waals surface area contributed by atoms with Gasteiger partial charge in [0.25, 0.3) is 0 Å². The van der Waals surface area contributed by atoms with E-state index < -0.39 is 0 Å². The highest BCUT2D eigenvalue weighted by Crippen LogP contribution is 2.42. The minimum absolute atomic E-state index is 0.0780. The van der Waals surface area contributed by atoms with Gasteiger partial charge in [-0.05, 0) is 72.9 Å². The van der Waals surface area contributed by atoms with Gasteiger partial charge in [-0.15, -0.1) is 0 Å². The van der Waals surface area contributed by atoms with Gasteiger partial charge in [0, 0.05) is 61.6 Å². The van der Waals surface area contributed by atoms with E-state index in [0.717, 1.165) is 28.5 Å². The zero-order valence-electron chi connectivity index (χ0n) is 18.0. The van der Waals surface area contributed by atoms with Gasteiger partial charge in [0.15, 0.2) is 5.11 Å². The molecule has 3 aromatic heterocycles. The van der Waals surface area contributed by atoms with Gasteiger partial charge in [-0.3, -0.25) is 9.97 Å². The number of aromatic nitrogens is 3. The molecule has 1 N–H and O–H groups in total. The van der Waals surface area contributed by atoms with Crippen LogP contribution < -0.4 is 15.1 Å². The third kappa shape index (κ3) is 3.61. The van der Waals surface area contributed by atoms with E-state index in [1.54, 1.807) is 0 Å². The van der Waals surface area contributed by atoms with Crippen molar-refractivity contribution in [1.29, 1.82) is 0 Å². The Kier molecular flexibility index (Phi) is 5.33. The highest BCUT2D eigenvalue weighted by molar-refractivity contribution is 7.80. The van der Waals surface area contributed by atoms with Crippen molar-refractivity contribution in [3.8, 4) is 5.69 Å². The van der Waals surface area contributed by atoms with Crippen LogP contribution in [0.2, 0.25) is 0 Å². The normalized spacial score (nSPS) is 17.9. The lowest BCUT2D eigenvalue weighted by atomic mass is 10.0. The molecule has 0 amide bonds. The number of pyridine rings is 2. The summed E-state index contributed by atoms with van der Waals surface area (Å²) in [5, 5.41) is 4.22. The first-order valence-electron chi connectivity index (χ1n) is 10.5. The Morgan fingerprint density at radius 1 is 0.875 bits per heavy atom. The van der Waals surface area contributed by atoms with Crippen LogP contribution in [-0.2, 0) is 0 Å². The summed E-state index contributed by atoms with van der Waals surface area (Å²) < 4.78 is 2.19. The predicted molar refractivity (Wildman–Crippen MR) is 132 cm³/mol. The van der Waals surface area contributed by atoms with Crippen molar-refractivity contribution in [1.82, 2.24) is 19.9 Å². The van der Waals surface area contributed by atoms with Crippen LogP contribution in [0.5, 0.6) is 0 Å². The smallest absolute Gasteiger partial charge is 0.174 e. The average molecular weight is 441 g/mol. The number of nitrogens with one attached hydrogen (secondary N) is 1. The summed E-state index contributed by atoms with van der Waals surface area (Å²) in [7, 11) is 4.08. The van der Waals surface area contributed by atoms with Gasteiger partial charge < -0.3 is 19.7 Å². The number of nitrogens with zero attached hydrogens (tertiary/aromatic N) is 5. The topological polar surface area (TPSA) is 49.2 Å². The summed E-state index contributed by atoms with van der Waals surface area (Å²) in [5.41, 5.74) is 5.31. The fourth-order valence-corrected chi connectivity index (χ4v) is 4.57. The maximum absolute atomic E-state index is 5.85. The van der Waals surface area contributed by atoms with Crippen molar-refractivity contribution in [2.45, 2.75) is 12.1 Å². The van der Waals surface area contributed by atoms with Crippen LogP contribution in [0.15, 0.2) is 91.5 Å². The molecule has 1 fully saturated rings. The molecule has 0 bridgehead atoms. The third-order valence-corrected chi connectivity index (χ3v) is 6.08. The molecular weight excluding hydrogens is 416 g/mol. The van der Waals surface area contributed by atoms with Crippen LogP contribution in [0.1, 0.15) is 23.5 Å². The molecule has 1 aliphatic rings. The molecule has 7 heteroatoms. The highest BCUT2D eigenvalue weighted by atomic mass is 32.1. The monoisotopic (exact) mass is 440 g/mol. The second-order valence-corrected chi connectivity index (χ2v) is 8.30. The first-order valence-corrected chi connectivity index (χ1v) is 10.9. The van der Waals surface area contributed by atoms with Crippen molar-refractivity contribution in [3.63, 3.8) is 0 Å². The Balaban J connectivity index is 1.64. The standard InChI is InChI=1S/C25H24N6S/c1-29(2)18-8-10-20(11-9-18)31-24(23(28-25(31)32)21-6-3-4-14-27-21)22-7-5-17-30(22)19-12-15-26-16-13-19/h3-17,23-24H,1-2H3,(H,28,32)/t23-,24-/m1/s1. The van der Waals surface area contributed by atoms with Gasteiger partial charge in [-0.25, -0.2) is 0 Å². The number of hydrogen-bond donors (Lipinski definition) is 1. The largest absolute Gasteiger partial charge is 0.378 e. The van der Waals surface area contributed by atoms with Crippen molar-refractivity contribution in [2.24, 2.45) is 0 Å². The van der Waals surface area contributed by atoms with Gasteiger partial charge in [-0.1, -0.05) is 6.07 Å². The maximum atomic E-state index is 5.85. The SMILES string of the molecule is CN(C)c1ccc(N2C(=S)N[C@H](c3ccccn3)[C@H]2c2cccn2-c2ccncc2)cc1. The zero-order chi connectivity index (χ0) is 22.1. The summed E-state index contributed by atoms with van der Waals surface area (Å²) in [6.45, 7) is 0. The lowest BCUT2D eigenvalue weighted by Gasteiger charge is -2.29. The summed E-state index contributed by atoms with van der Waals surface area (Å²) in [5.74, 6) is 0. The molecule has 2 atom stereocenters. The van der Waals surface area contributed by atoms with E-state index in [9.17, 15) is 0 Å². The Labute approximate surface area is 193 Å². The molecular formula is C25H24N6S. The van der Waals surface area contributed by atoms with Crippen LogP contribution in [0.25, 0.3) is 5.69 Å². The van der Waals surface area contributed by atoms with Gasteiger partial charge in [0.05, 0.1) is 11.7 Å². The van der Waals surface area contributed by atoms with Crippen LogP contribution >= 0.6 is 12.2 Å². The Bertz CT molecular complexity index is 1200. The fraction of sp³-hybridized carbons (Fsp3) is 0.160. The van der Waals surface area contributed by atoms with E-state index >= 15 is 0 Å². The maximum Gasteiger partial charge on any atom is 0.174 e. The van der Waals surface area contributed by atoms with E-state index in [1.165, 1.54) is 0 Å². The average Bonchev–Trinajstić information content (AvgIpc) is 3.44. The van der Waals surface area contributed by atoms with E-state index in [0.29, 0.717) is 5.11 Å². The molecule has 1 aromatic carbocycles. The molecule has 1 saturated heterocycles. The molecule has 1 aliphatic heterocycles. The van der Waals surface area contributed by atoms with Crippen LogP contribution in [0, 0.1) is 0 Å². The number of anilines is 2. The summed E-state index contributed by atoms with van der Waals surface area (Å²) >= 11 is 5.85. The molecule has 32 heavy (non-hydrogen) atoms. The van der Waals surface area contributed by atoms with Gasteiger partial charge in [-0.2, -0.15) is 0 Å². The number of benzene rings is 1. The van der Waals surface area contributed by atoms with Crippen LogP contribution in [-0.4, -0.2) is 33.7 Å². The molecule has 4 aromatic rings. The van der Waals surface area contributed by atoms with Crippen molar-refractivity contribution in [3.05, 3.63) is 103 Å². The summed E-state index contributed by atoms with van der Waals surface area (Å²) in [6.07, 6.45) is 7.53. The number of thiocarbonyl (C=S) groups is 1. The predicted octanol–water partition coefficient (Wildman–Crippen LogP) is 4.51. The molecule has 0 unspecified atom stereocenters. The Morgan fingerprint density at radius 3 is 2.34 bits per heavy atom. The molecule has 4 heterocycles. The van der Waals surface area contributed by atoms with Gasteiger partial charge >= 0.3 is 0 Å². The van der Waals surface area contributed by atoms with E-state index in [4.69, 9.17) is 12.2 Å². The molecule has 0 radical (unpaired) electrons. The second kappa shape index (κ2) is 8.43. The molecule has 160 valence electrons. The minimum Gasteiger partial charge on any atom is -0.378 e. The minimum atomic E-state index is -0.0901. The molecule has 6 nitrogen and oxygen atoms in total. The second-order valence-electron chi connectivity index (χ2n) is 7.92. The van der Waals surface area contributed by atoms with Crippen molar-refractivity contribution < 1.29 is 0 Å².